The fourth-order valence-corrected chi connectivity index (χ4v) is 2.15. The molecule has 2 aromatic heterocycles. The lowest BCUT2D eigenvalue weighted by Gasteiger charge is -2.21. The highest BCUT2D eigenvalue weighted by Gasteiger charge is 2.13. The standard InChI is InChI=1S/C15H22N6/c1-4-13-18-14(20-16)11(2)15(19-13)21(3)10-8-12-7-5-6-9-17-12/h5-7,9H,4,8,10,16H2,1-3H3,(H,18,19,20). The van der Waals surface area contributed by atoms with Crippen LogP contribution in [-0.2, 0) is 12.8 Å². The molecule has 0 atom stereocenters. The quantitative estimate of drug-likeness (QED) is 0.621. The van der Waals surface area contributed by atoms with E-state index in [2.05, 4.69) is 25.3 Å². The molecule has 3 N–H and O–H groups in total. The molecule has 6 heteroatoms. The Labute approximate surface area is 125 Å². The third-order valence-electron chi connectivity index (χ3n) is 3.41. The number of aryl methyl sites for hydroxylation is 1. The zero-order chi connectivity index (χ0) is 15.2. The molecule has 0 amide bonds. The molecule has 0 unspecified atom stereocenters. The van der Waals surface area contributed by atoms with Crippen LogP contribution in [0.1, 0.15) is 24.0 Å². The van der Waals surface area contributed by atoms with E-state index < -0.39 is 0 Å². The smallest absolute Gasteiger partial charge is 0.148 e. The molecule has 2 aromatic rings. The minimum atomic E-state index is 0.682. The van der Waals surface area contributed by atoms with Gasteiger partial charge in [-0.05, 0) is 19.1 Å². The molecule has 0 saturated heterocycles. The van der Waals surface area contributed by atoms with Crippen molar-refractivity contribution in [3.63, 3.8) is 0 Å². The summed E-state index contributed by atoms with van der Waals surface area (Å²) in [5.74, 6) is 7.91. The average Bonchev–Trinajstić information content (AvgIpc) is 2.53. The van der Waals surface area contributed by atoms with Crippen molar-refractivity contribution in [1.29, 1.82) is 0 Å². The van der Waals surface area contributed by atoms with Gasteiger partial charge >= 0.3 is 0 Å². The van der Waals surface area contributed by atoms with Gasteiger partial charge in [-0.25, -0.2) is 15.8 Å². The lowest BCUT2D eigenvalue weighted by Crippen LogP contribution is -2.24. The highest BCUT2D eigenvalue weighted by Crippen LogP contribution is 2.22. The van der Waals surface area contributed by atoms with E-state index in [1.165, 1.54) is 0 Å². The summed E-state index contributed by atoms with van der Waals surface area (Å²) in [5, 5.41) is 0. The maximum Gasteiger partial charge on any atom is 0.148 e. The summed E-state index contributed by atoms with van der Waals surface area (Å²) in [7, 11) is 2.03. The summed E-state index contributed by atoms with van der Waals surface area (Å²) < 4.78 is 0. The van der Waals surface area contributed by atoms with E-state index in [1.54, 1.807) is 0 Å². The predicted molar refractivity (Wildman–Crippen MR) is 85.2 cm³/mol. The SMILES string of the molecule is CCc1nc(NN)c(C)c(N(C)CCc2ccccn2)n1. The van der Waals surface area contributed by atoms with Crippen molar-refractivity contribution >= 4 is 11.6 Å². The minimum Gasteiger partial charge on any atom is -0.359 e. The zero-order valence-corrected chi connectivity index (χ0v) is 12.8. The molecule has 21 heavy (non-hydrogen) atoms. The highest BCUT2D eigenvalue weighted by atomic mass is 15.3. The van der Waals surface area contributed by atoms with Crippen molar-refractivity contribution in [3.05, 3.63) is 41.5 Å². The van der Waals surface area contributed by atoms with Crippen LogP contribution in [0.2, 0.25) is 0 Å². The number of hydrogen-bond donors (Lipinski definition) is 2. The van der Waals surface area contributed by atoms with Gasteiger partial charge < -0.3 is 10.3 Å². The molecule has 112 valence electrons. The molecule has 0 aliphatic carbocycles. The second kappa shape index (κ2) is 6.99. The maximum absolute atomic E-state index is 5.54. The topological polar surface area (TPSA) is 80.0 Å². The Balaban J connectivity index is 2.16. The van der Waals surface area contributed by atoms with Crippen LogP contribution in [0.25, 0.3) is 0 Å². The van der Waals surface area contributed by atoms with E-state index in [0.29, 0.717) is 5.82 Å². The number of nitrogens with one attached hydrogen (secondary N) is 1. The van der Waals surface area contributed by atoms with Crippen LogP contribution in [-0.4, -0.2) is 28.5 Å². The number of rotatable bonds is 6. The number of likely N-dealkylation sites (N-methyl/N-ethyl adjacent to an activating group) is 1. The van der Waals surface area contributed by atoms with Crippen molar-refractivity contribution in [1.82, 2.24) is 15.0 Å². The molecule has 2 rings (SSSR count). The molecule has 6 nitrogen and oxygen atoms in total. The molecule has 2 heterocycles. The highest BCUT2D eigenvalue weighted by molar-refractivity contribution is 5.57. The van der Waals surface area contributed by atoms with Gasteiger partial charge in [-0.2, -0.15) is 0 Å². The molecule has 0 saturated carbocycles. The first kappa shape index (κ1) is 15.2. The van der Waals surface area contributed by atoms with Crippen molar-refractivity contribution in [2.24, 2.45) is 5.84 Å². The monoisotopic (exact) mass is 286 g/mol. The van der Waals surface area contributed by atoms with Gasteiger partial charge in [0.2, 0.25) is 0 Å². The first-order valence-electron chi connectivity index (χ1n) is 7.10. The van der Waals surface area contributed by atoms with Gasteiger partial charge in [-0.15, -0.1) is 0 Å². The molecule has 0 aliphatic heterocycles. The van der Waals surface area contributed by atoms with Crippen molar-refractivity contribution in [2.45, 2.75) is 26.7 Å². The van der Waals surface area contributed by atoms with E-state index in [0.717, 1.165) is 42.3 Å². The van der Waals surface area contributed by atoms with Gasteiger partial charge in [0.1, 0.15) is 17.5 Å². The molecular weight excluding hydrogens is 264 g/mol. The van der Waals surface area contributed by atoms with Crippen molar-refractivity contribution in [2.75, 3.05) is 23.9 Å². The number of hydrogen-bond acceptors (Lipinski definition) is 6. The molecule has 0 aromatic carbocycles. The second-order valence-electron chi connectivity index (χ2n) is 4.93. The third kappa shape index (κ3) is 3.66. The number of hydrazine groups is 1. The van der Waals surface area contributed by atoms with Gasteiger partial charge in [0, 0.05) is 43.9 Å². The lowest BCUT2D eigenvalue weighted by molar-refractivity contribution is 0.816. The second-order valence-corrected chi connectivity index (χ2v) is 4.93. The Bertz CT molecular complexity index is 584. The Morgan fingerprint density at radius 1 is 1.29 bits per heavy atom. The number of nitrogens with zero attached hydrogens (tertiary/aromatic N) is 4. The van der Waals surface area contributed by atoms with Gasteiger partial charge in [0.15, 0.2) is 0 Å². The molecule has 0 bridgehead atoms. The van der Waals surface area contributed by atoms with Crippen LogP contribution in [0.4, 0.5) is 11.6 Å². The van der Waals surface area contributed by atoms with Gasteiger partial charge in [0.05, 0.1) is 0 Å². The van der Waals surface area contributed by atoms with Crippen LogP contribution in [0.5, 0.6) is 0 Å². The van der Waals surface area contributed by atoms with Crippen LogP contribution in [0, 0.1) is 6.92 Å². The van der Waals surface area contributed by atoms with Gasteiger partial charge in [-0.1, -0.05) is 13.0 Å². The summed E-state index contributed by atoms with van der Waals surface area (Å²) in [6, 6.07) is 5.96. The van der Waals surface area contributed by atoms with Crippen LogP contribution in [0.3, 0.4) is 0 Å². The third-order valence-corrected chi connectivity index (χ3v) is 3.41. The normalized spacial score (nSPS) is 10.5. The first-order chi connectivity index (χ1) is 10.2. The molecular formula is C15H22N6. The fraction of sp³-hybridized carbons (Fsp3) is 0.400. The lowest BCUT2D eigenvalue weighted by atomic mass is 10.2. The van der Waals surface area contributed by atoms with E-state index in [9.17, 15) is 0 Å². The summed E-state index contributed by atoms with van der Waals surface area (Å²) in [4.78, 5) is 15.5. The zero-order valence-electron chi connectivity index (χ0n) is 12.8. The summed E-state index contributed by atoms with van der Waals surface area (Å²) in [6.07, 6.45) is 3.46. The van der Waals surface area contributed by atoms with Crippen LogP contribution < -0.4 is 16.2 Å². The van der Waals surface area contributed by atoms with E-state index in [-0.39, 0.29) is 0 Å². The Morgan fingerprint density at radius 3 is 2.71 bits per heavy atom. The number of aromatic nitrogens is 3. The predicted octanol–water partition coefficient (Wildman–Crippen LogP) is 1.71. The Kier molecular flexibility index (Phi) is 5.05. The van der Waals surface area contributed by atoms with Crippen molar-refractivity contribution < 1.29 is 0 Å². The van der Waals surface area contributed by atoms with E-state index in [4.69, 9.17) is 5.84 Å². The maximum atomic E-state index is 5.54. The van der Waals surface area contributed by atoms with E-state index >= 15 is 0 Å². The molecule has 0 radical (unpaired) electrons. The summed E-state index contributed by atoms with van der Waals surface area (Å²) in [6.45, 7) is 4.84. The largest absolute Gasteiger partial charge is 0.359 e. The van der Waals surface area contributed by atoms with Gasteiger partial charge in [0.25, 0.3) is 0 Å². The Morgan fingerprint density at radius 2 is 2.10 bits per heavy atom. The molecule has 0 spiro atoms. The van der Waals surface area contributed by atoms with Gasteiger partial charge in [-0.3, -0.25) is 4.98 Å². The molecule has 0 fully saturated rings. The molecule has 0 aliphatic rings. The van der Waals surface area contributed by atoms with E-state index in [1.807, 2.05) is 45.3 Å². The van der Waals surface area contributed by atoms with Crippen LogP contribution >= 0.6 is 0 Å². The fourth-order valence-electron chi connectivity index (χ4n) is 2.15. The van der Waals surface area contributed by atoms with Crippen LogP contribution in [0.15, 0.2) is 24.4 Å². The van der Waals surface area contributed by atoms with Crippen molar-refractivity contribution in [3.8, 4) is 0 Å². The number of nitrogen functional groups attached to an aromatic ring is 1. The first-order valence-corrected chi connectivity index (χ1v) is 7.10. The summed E-state index contributed by atoms with van der Waals surface area (Å²) in [5.41, 5.74) is 4.68. The minimum absolute atomic E-state index is 0.682. The summed E-state index contributed by atoms with van der Waals surface area (Å²) >= 11 is 0. The number of anilines is 2. The number of pyridine rings is 1. The number of nitrogens with two attached hydrogens (primary N) is 1. The average molecular weight is 286 g/mol. The Hall–Kier alpha value is -2.21.